The second-order valence-corrected chi connectivity index (χ2v) is 3.27. The molecule has 0 N–H and O–H groups in total. The minimum absolute atomic E-state index is 0. The number of allylic oxidation sites excluding steroid dienone is 4. The number of unbranched alkanes of at least 4 members (excludes halogenated alkanes) is 3. The standard InChI is InChI=1S/C11H18.Li.H/c1-2-3-4-5-8-11-9-6-7-10-11;;/h6-7,9H,2-5,8,10H2,1H3;;. The zero-order valence-corrected chi connectivity index (χ0v) is 7.47. The van der Waals surface area contributed by atoms with Gasteiger partial charge in [0.05, 0.1) is 0 Å². The SMILES string of the molecule is CCCCCCC1=CC=CC1.[LiH]. The van der Waals surface area contributed by atoms with Gasteiger partial charge in [-0.15, -0.1) is 0 Å². The van der Waals surface area contributed by atoms with Crippen LogP contribution in [0.25, 0.3) is 0 Å². The Kier molecular flexibility index (Phi) is 7.76. The van der Waals surface area contributed by atoms with Crippen molar-refractivity contribution >= 4 is 18.9 Å². The van der Waals surface area contributed by atoms with Gasteiger partial charge in [-0.05, 0) is 19.3 Å². The molecule has 0 atom stereocenters. The Bertz CT molecular complexity index is 156. The van der Waals surface area contributed by atoms with E-state index in [2.05, 4.69) is 25.2 Å². The van der Waals surface area contributed by atoms with Crippen molar-refractivity contribution in [1.82, 2.24) is 0 Å². The van der Waals surface area contributed by atoms with Crippen molar-refractivity contribution < 1.29 is 0 Å². The van der Waals surface area contributed by atoms with Crippen LogP contribution in [0.1, 0.15) is 45.4 Å². The van der Waals surface area contributed by atoms with E-state index in [-0.39, 0.29) is 18.9 Å². The van der Waals surface area contributed by atoms with E-state index in [0.29, 0.717) is 0 Å². The van der Waals surface area contributed by atoms with Gasteiger partial charge >= 0.3 is 18.9 Å². The second kappa shape index (κ2) is 7.71. The van der Waals surface area contributed by atoms with Crippen molar-refractivity contribution in [2.45, 2.75) is 45.4 Å². The Balaban J connectivity index is 0.00000121. The van der Waals surface area contributed by atoms with Gasteiger partial charge < -0.3 is 0 Å². The molecule has 1 aliphatic carbocycles. The van der Waals surface area contributed by atoms with Gasteiger partial charge in [-0.25, -0.2) is 0 Å². The minimum atomic E-state index is 0. The molecule has 0 saturated heterocycles. The average Bonchev–Trinajstić information content (AvgIpc) is 2.50. The van der Waals surface area contributed by atoms with Crippen LogP contribution in [0.4, 0.5) is 0 Å². The molecule has 0 aromatic rings. The third-order valence-corrected chi connectivity index (χ3v) is 2.20. The van der Waals surface area contributed by atoms with Crippen LogP contribution in [-0.2, 0) is 0 Å². The van der Waals surface area contributed by atoms with Gasteiger partial charge in [-0.1, -0.05) is 50.0 Å². The Morgan fingerprint density at radius 2 is 2.08 bits per heavy atom. The zero-order chi connectivity index (χ0) is 7.94. The second-order valence-electron chi connectivity index (χ2n) is 3.27. The molecule has 1 aliphatic rings. The summed E-state index contributed by atoms with van der Waals surface area (Å²) in [4.78, 5) is 0. The van der Waals surface area contributed by atoms with Crippen molar-refractivity contribution in [1.29, 1.82) is 0 Å². The average molecular weight is 158 g/mol. The molecule has 0 radical (unpaired) electrons. The molecular weight excluding hydrogens is 139 g/mol. The summed E-state index contributed by atoms with van der Waals surface area (Å²) in [6.45, 7) is 2.26. The van der Waals surface area contributed by atoms with E-state index >= 15 is 0 Å². The van der Waals surface area contributed by atoms with Gasteiger partial charge in [0.1, 0.15) is 0 Å². The first-order chi connectivity index (χ1) is 5.43. The van der Waals surface area contributed by atoms with Gasteiger partial charge in [0.25, 0.3) is 0 Å². The fraction of sp³-hybridized carbons (Fsp3) is 0.636. The molecule has 0 aliphatic heterocycles. The predicted octanol–water partition coefficient (Wildman–Crippen LogP) is 3.19. The van der Waals surface area contributed by atoms with E-state index in [1.807, 2.05) is 0 Å². The third kappa shape index (κ3) is 4.86. The van der Waals surface area contributed by atoms with Crippen LogP contribution >= 0.6 is 0 Å². The van der Waals surface area contributed by atoms with Crippen molar-refractivity contribution in [2.24, 2.45) is 0 Å². The van der Waals surface area contributed by atoms with Crippen LogP contribution in [0, 0.1) is 0 Å². The molecule has 0 bridgehead atoms. The Morgan fingerprint density at radius 1 is 1.25 bits per heavy atom. The van der Waals surface area contributed by atoms with Gasteiger partial charge in [0.15, 0.2) is 0 Å². The molecule has 0 amide bonds. The van der Waals surface area contributed by atoms with Gasteiger partial charge in [0.2, 0.25) is 0 Å². The molecule has 0 spiro atoms. The Morgan fingerprint density at radius 3 is 2.67 bits per heavy atom. The van der Waals surface area contributed by atoms with Crippen LogP contribution in [0.15, 0.2) is 23.8 Å². The summed E-state index contributed by atoms with van der Waals surface area (Å²) in [7, 11) is 0. The summed E-state index contributed by atoms with van der Waals surface area (Å²) < 4.78 is 0. The van der Waals surface area contributed by atoms with E-state index in [0.717, 1.165) is 0 Å². The summed E-state index contributed by atoms with van der Waals surface area (Å²) in [5.41, 5.74) is 1.63. The van der Waals surface area contributed by atoms with Gasteiger partial charge in [-0.3, -0.25) is 0 Å². The Labute approximate surface area is 88.3 Å². The van der Waals surface area contributed by atoms with Crippen LogP contribution in [0.3, 0.4) is 0 Å². The molecule has 0 heterocycles. The molecule has 0 unspecified atom stereocenters. The Hall–Kier alpha value is 0.0774. The monoisotopic (exact) mass is 158 g/mol. The maximum atomic E-state index is 2.27. The number of rotatable bonds is 5. The molecule has 0 saturated carbocycles. The van der Waals surface area contributed by atoms with Crippen LogP contribution in [0.5, 0.6) is 0 Å². The molecule has 0 aromatic carbocycles. The molecule has 1 rings (SSSR count). The third-order valence-electron chi connectivity index (χ3n) is 2.20. The summed E-state index contributed by atoms with van der Waals surface area (Å²) in [5.74, 6) is 0. The van der Waals surface area contributed by atoms with Crippen molar-refractivity contribution in [3.63, 3.8) is 0 Å². The summed E-state index contributed by atoms with van der Waals surface area (Å²) >= 11 is 0. The van der Waals surface area contributed by atoms with Crippen molar-refractivity contribution in [3.05, 3.63) is 23.8 Å². The molecule has 0 aromatic heterocycles. The first-order valence-corrected chi connectivity index (χ1v) is 4.78. The maximum absolute atomic E-state index is 2.27. The van der Waals surface area contributed by atoms with E-state index in [1.165, 1.54) is 38.5 Å². The fourth-order valence-corrected chi connectivity index (χ4v) is 1.46. The van der Waals surface area contributed by atoms with E-state index in [1.54, 1.807) is 5.57 Å². The summed E-state index contributed by atoms with van der Waals surface area (Å²) in [6.07, 6.45) is 14.8. The van der Waals surface area contributed by atoms with E-state index in [9.17, 15) is 0 Å². The molecule has 12 heavy (non-hydrogen) atoms. The number of hydrogen-bond acceptors (Lipinski definition) is 0. The number of hydrogen-bond donors (Lipinski definition) is 0. The summed E-state index contributed by atoms with van der Waals surface area (Å²) in [6, 6.07) is 0. The van der Waals surface area contributed by atoms with Gasteiger partial charge in [0, 0.05) is 0 Å². The quantitative estimate of drug-likeness (QED) is 0.426. The molecule has 1 heteroatoms. The normalized spacial score (nSPS) is 14.2. The van der Waals surface area contributed by atoms with Crippen LogP contribution in [-0.4, -0.2) is 18.9 Å². The molecule has 64 valence electrons. The van der Waals surface area contributed by atoms with Crippen LogP contribution in [0.2, 0.25) is 0 Å². The molecule has 0 nitrogen and oxygen atoms in total. The fourth-order valence-electron chi connectivity index (χ4n) is 1.46. The topological polar surface area (TPSA) is 0 Å². The molecular formula is C11H19Li. The van der Waals surface area contributed by atoms with E-state index in [4.69, 9.17) is 0 Å². The van der Waals surface area contributed by atoms with E-state index < -0.39 is 0 Å². The van der Waals surface area contributed by atoms with Gasteiger partial charge in [-0.2, -0.15) is 0 Å². The first kappa shape index (κ1) is 12.1. The first-order valence-electron chi connectivity index (χ1n) is 4.78. The van der Waals surface area contributed by atoms with Crippen LogP contribution < -0.4 is 0 Å². The summed E-state index contributed by atoms with van der Waals surface area (Å²) in [5, 5.41) is 0. The predicted molar refractivity (Wildman–Crippen MR) is 57.7 cm³/mol. The zero-order valence-electron chi connectivity index (χ0n) is 7.47. The molecule has 0 fully saturated rings. The van der Waals surface area contributed by atoms with Crippen molar-refractivity contribution in [3.8, 4) is 0 Å². The van der Waals surface area contributed by atoms with Crippen molar-refractivity contribution in [2.75, 3.05) is 0 Å².